The highest BCUT2D eigenvalue weighted by Crippen LogP contribution is 2.24. The number of pyridine rings is 1. The molecule has 0 aliphatic carbocycles. The molecule has 1 atom stereocenters. The van der Waals surface area contributed by atoms with E-state index in [1.54, 1.807) is 12.5 Å². The van der Waals surface area contributed by atoms with E-state index in [-0.39, 0.29) is 6.04 Å². The number of nitrogens with zero attached hydrogens (tertiary/aromatic N) is 3. The van der Waals surface area contributed by atoms with Crippen LogP contribution < -0.4 is 0 Å². The molecule has 0 fully saturated rings. The molecule has 0 unspecified atom stereocenters. The Hall–Kier alpha value is -2.36. The lowest BCUT2D eigenvalue weighted by molar-refractivity contribution is 0.447. The first-order chi connectivity index (χ1) is 9.79. The van der Waals surface area contributed by atoms with E-state index in [0.717, 1.165) is 23.7 Å². The fraction of sp³-hybridized carbons (Fsp3) is 0.250. The van der Waals surface area contributed by atoms with E-state index in [9.17, 15) is 0 Å². The maximum Gasteiger partial charge on any atom is 0.159 e. The van der Waals surface area contributed by atoms with E-state index in [0.29, 0.717) is 0 Å². The van der Waals surface area contributed by atoms with Crippen molar-refractivity contribution in [2.24, 2.45) is 0 Å². The van der Waals surface area contributed by atoms with E-state index in [1.807, 2.05) is 30.6 Å². The quantitative estimate of drug-likeness (QED) is 0.723. The van der Waals surface area contributed by atoms with E-state index in [4.69, 9.17) is 4.42 Å². The number of aromatic nitrogens is 3. The van der Waals surface area contributed by atoms with Crippen molar-refractivity contribution >= 4 is 0 Å². The highest BCUT2D eigenvalue weighted by molar-refractivity contribution is 5.50. The van der Waals surface area contributed by atoms with Crippen LogP contribution in [0.25, 0.3) is 11.5 Å². The van der Waals surface area contributed by atoms with E-state index < -0.39 is 0 Å². The molecule has 0 amide bonds. The van der Waals surface area contributed by atoms with Gasteiger partial charge >= 0.3 is 0 Å². The predicted molar refractivity (Wildman–Crippen MR) is 77.4 cm³/mol. The van der Waals surface area contributed by atoms with Crippen molar-refractivity contribution in [3.05, 3.63) is 60.4 Å². The number of hydrogen-bond acceptors (Lipinski definition) is 3. The van der Waals surface area contributed by atoms with Gasteiger partial charge in [0, 0.05) is 18.6 Å². The molecule has 0 aliphatic heterocycles. The molecule has 3 aromatic heterocycles. The van der Waals surface area contributed by atoms with Crippen molar-refractivity contribution in [1.29, 1.82) is 0 Å². The molecule has 3 aromatic rings. The van der Waals surface area contributed by atoms with Gasteiger partial charge < -0.3 is 8.98 Å². The first-order valence-corrected chi connectivity index (χ1v) is 6.81. The van der Waals surface area contributed by atoms with Gasteiger partial charge in [0.05, 0.1) is 12.3 Å². The second-order valence-electron chi connectivity index (χ2n) is 4.75. The van der Waals surface area contributed by atoms with Crippen LogP contribution in [0.2, 0.25) is 0 Å². The molecule has 4 nitrogen and oxygen atoms in total. The maximum absolute atomic E-state index is 5.48. The van der Waals surface area contributed by atoms with Crippen LogP contribution in [-0.2, 0) is 6.42 Å². The first-order valence-electron chi connectivity index (χ1n) is 6.81. The van der Waals surface area contributed by atoms with E-state index >= 15 is 0 Å². The minimum absolute atomic E-state index is 0.0927. The molecule has 3 heterocycles. The Morgan fingerprint density at radius 1 is 1.25 bits per heavy atom. The zero-order valence-corrected chi connectivity index (χ0v) is 11.7. The molecule has 0 bridgehead atoms. The molecule has 0 saturated heterocycles. The van der Waals surface area contributed by atoms with Crippen LogP contribution in [0.5, 0.6) is 0 Å². The Labute approximate surface area is 118 Å². The van der Waals surface area contributed by atoms with Gasteiger partial charge in [-0.25, -0.2) is 4.98 Å². The molecule has 0 aromatic carbocycles. The fourth-order valence-corrected chi connectivity index (χ4v) is 2.26. The number of hydrogen-bond donors (Lipinski definition) is 0. The van der Waals surface area contributed by atoms with Crippen molar-refractivity contribution in [3.8, 4) is 11.5 Å². The first kappa shape index (κ1) is 12.7. The molecule has 20 heavy (non-hydrogen) atoms. The van der Waals surface area contributed by atoms with Crippen molar-refractivity contribution in [2.45, 2.75) is 26.3 Å². The zero-order valence-electron chi connectivity index (χ0n) is 11.7. The standard InChI is InChI=1S/C16H17N3O/c1-3-13-6-7-14(18-11-13)16-17-8-9-19(16)12(2)15-5-4-10-20-15/h4-12H,3H2,1-2H3/t12-/m1/s1. The van der Waals surface area contributed by atoms with Gasteiger partial charge in [-0.1, -0.05) is 13.0 Å². The molecule has 0 N–H and O–H groups in total. The lowest BCUT2D eigenvalue weighted by Crippen LogP contribution is -2.07. The Morgan fingerprint density at radius 3 is 2.80 bits per heavy atom. The fourth-order valence-electron chi connectivity index (χ4n) is 2.26. The van der Waals surface area contributed by atoms with E-state index in [2.05, 4.69) is 34.4 Å². The van der Waals surface area contributed by atoms with Crippen LogP contribution >= 0.6 is 0 Å². The van der Waals surface area contributed by atoms with Crippen LogP contribution in [0.15, 0.2) is 53.5 Å². The molecule has 0 aliphatic rings. The Balaban J connectivity index is 1.97. The summed E-state index contributed by atoms with van der Waals surface area (Å²) in [5.41, 5.74) is 2.11. The van der Waals surface area contributed by atoms with Gasteiger partial charge in [-0.3, -0.25) is 4.98 Å². The van der Waals surface area contributed by atoms with Gasteiger partial charge in [0.2, 0.25) is 0 Å². The number of rotatable bonds is 4. The monoisotopic (exact) mass is 267 g/mol. The molecule has 0 saturated carbocycles. The minimum Gasteiger partial charge on any atom is -0.467 e. The summed E-state index contributed by atoms with van der Waals surface area (Å²) in [6, 6.07) is 8.08. The lowest BCUT2D eigenvalue weighted by Gasteiger charge is -2.14. The summed E-state index contributed by atoms with van der Waals surface area (Å²) < 4.78 is 7.55. The largest absolute Gasteiger partial charge is 0.467 e. The summed E-state index contributed by atoms with van der Waals surface area (Å²) in [6.45, 7) is 4.21. The summed E-state index contributed by atoms with van der Waals surface area (Å²) in [5.74, 6) is 1.77. The zero-order chi connectivity index (χ0) is 13.9. The Kier molecular flexibility index (Phi) is 3.37. The van der Waals surface area contributed by atoms with E-state index in [1.165, 1.54) is 5.56 Å². The minimum atomic E-state index is 0.0927. The molecule has 0 radical (unpaired) electrons. The van der Waals surface area contributed by atoms with Crippen LogP contribution in [0.4, 0.5) is 0 Å². The van der Waals surface area contributed by atoms with Crippen LogP contribution in [0.1, 0.15) is 31.2 Å². The van der Waals surface area contributed by atoms with Crippen molar-refractivity contribution in [1.82, 2.24) is 14.5 Å². The third-order valence-electron chi connectivity index (χ3n) is 3.50. The second-order valence-corrected chi connectivity index (χ2v) is 4.75. The van der Waals surface area contributed by atoms with Crippen molar-refractivity contribution in [3.63, 3.8) is 0 Å². The topological polar surface area (TPSA) is 43.9 Å². The van der Waals surface area contributed by atoms with Crippen molar-refractivity contribution in [2.75, 3.05) is 0 Å². The second kappa shape index (κ2) is 5.33. The Morgan fingerprint density at radius 2 is 2.15 bits per heavy atom. The molecular formula is C16H17N3O. The van der Waals surface area contributed by atoms with Gasteiger partial charge in [-0.2, -0.15) is 0 Å². The van der Waals surface area contributed by atoms with Gasteiger partial charge in [-0.15, -0.1) is 0 Å². The van der Waals surface area contributed by atoms with Crippen LogP contribution in [0, 0.1) is 0 Å². The van der Waals surface area contributed by atoms with Crippen LogP contribution in [0.3, 0.4) is 0 Å². The van der Waals surface area contributed by atoms with Gasteiger partial charge in [0.15, 0.2) is 5.82 Å². The molecule has 3 rings (SSSR count). The third-order valence-corrected chi connectivity index (χ3v) is 3.50. The average Bonchev–Trinajstić information content (AvgIpc) is 3.18. The van der Waals surface area contributed by atoms with Gasteiger partial charge in [0.1, 0.15) is 11.5 Å². The third kappa shape index (κ3) is 2.25. The molecule has 0 spiro atoms. The number of furan rings is 1. The summed E-state index contributed by atoms with van der Waals surface area (Å²) >= 11 is 0. The lowest BCUT2D eigenvalue weighted by atomic mass is 10.2. The summed E-state index contributed by atoms with van der Waals surface area (Å²) in [7, 11) is 0. The predicted octanol–water partition coefficient (Wildman–Crippen LogP) is 3.71. The SMILES string of the molecule is CCc1ccc(-c2nccn2[C@H](C)c2ccco2)nc1. The average molecular weight is 267 g/mol. The Bertz CT molecular complexity index is 668. The summed E-state index contributed by atoms with van der Waals surface area (Å²) in [5, 5.41) is 0. The summed E-state index contributed by atoms with van der Waals surface area (Å²) in [6.07, 6.45) is 8.34. The maximum atomic E-state index is 5.48. The number of imidazole rings is 1. The molecule has 102 valence electrons. The highest BCUT2D eigenvalue weighted by Gasteiger charge is 2.16. The number of aryl methyl sites for hydroxylation is 1. The van der Waals surface area contributed by atoms with Gasteiger partial charge in [-0.05, 0) is 37.1 Å². The highest BCUT2D eigenvalue weighted by atomic mass is 16.3. The molecular weight excluding hydrogens is 250 g/mol. The molecule has 4 heteroatoms. The van der Waals surface area contributed by atoms with Crippen LogP contribution in [-0.4, -0.2) is 14.5 Å². The normalized spacial score (nSPS) is 12.5. The smallest absolute Gasteiger partial charge is 0.159 e. The summed E-state index contributed by atoms with van der Waals surface area (Å²) in [4.78, 5) is 8.93. The van der Waals surface area contributed by atoms with Gasteiger partial charge in [0.25, 0.3) is 0 Å². The van der Waals surface area contributed by atoms with Crippen molar-refractivity contribution < 1.29 is 4.42 Å².